The molecule has 1 saturated heterocycles. The van der Waals surface area contributed by atoms with E-state index in [-0.39, 0.29) is 0 Å². The van der Waals surface area contributed by atoms with Gasteiger partial charge in [0.05, 0.1) is 20.0 Å². The van der Waals surface area contributed by atoms with Gasteiger partial charge < -0.3 is 13.7 Å². The van der Waals surface area contributed by atoms with Crippen LogP contribution in [-0.2, 0) is 13.7 Å². The van der Waals surface area contributed by atoms with Gasteiger partial charge in [-0.1, -0.05) is 12.1 Å². The van der Waals surface area contributed by atoms with E-state index in [1.807, 2.05) is 40.6 Å². The van der Waals surface area contributed by atoms with Gasteiger partial charge in [0.25, 0.3) is 0 Å². The van der Waals surface area contributed by atoms with Crippen LogP contribution in [-0.4, -0.2) is 32.9 Å². The first-order chi connectivity index (χ1) is 12.7. The molecule has 6 nitrogen and oxygen atoms in total. The minimum Gasteiger partial charge on any atom is -0.497 e. The number of methoxy groups -OCH3 is 1. The van der Waals surface area contributed by atoms with Gasteiger partial charge in [-0.05, 0) is 54.9 Å². The summed E-state index contributed by atoms with van der Waals surface area (Å²) < 4.78 is 15.2. The topological polar surface area (TPSA) is 48.4 Å². The molecule has 0 aliphatic carbocycles. The number of hydrogen-bond donors (Lipinski definition) is 0. The Bertz CT molecular complexity index is 928. The van der Waals surface area contributed by atoms with Crippen molar-refractivity contribution in [2.45, 2.75) is 25.6 Å². The minimum absolute atomic E-state index is 0.372. The molecule has 3 heterocycles. The molecule has 0 saturated carbocycles. The van der Waals surface area contributed by atoms with E-state index in [4.69, 9.17) is 26.5 Å². The van der Waals surface area contributed by atoms with Crippen LogP contribution in [0, 0.1) is 4.77 Å². The van der Waals surface area contributed by atoms with Gasteiger partial charge >= 0.3 is 0 Å². The monoisotopic (exact) mass is 370 g/mol. The van der Waals surface area contributed by atoms with Gasteiger partial charge in [0.1, 0.15) is 5.75 Å². The molecule has 0 bridgehead atoms. The van der Waals surface area contributed by atoms with E-state index in [0.717, 1.165) is 30.3 Å². The fourth-order valence-corrected chi connectivity index (χ4v) is 3.76. The van der Waals surface area contributed by atoms with Crippen molar-refractivity contribution in [1.82, 2.24) is 19.2 Å². The number of rotatable bonds is 5. The highest BCUT2D eigenvalue weighted by Gasteiger charge is 2.27. The van der Waals surface area contributed by atoms with Crippen LogP contribution in [0.5, 0.6) is 5.75 Å². The summed E-state index contributed by atoms with van der Waals surface area (Å²) in [6, 6.07) is 12.5. The van der Waals surface area contributed by atoms with Gasteiger partial charge in [-0.15, -0.1) is 5.10 Å². The molecule has 0 spiro atoms. The number of aromatic nitrogens is 3. The quantitative estimate of drug-likeness (QED) is 0.635. The minimum atomic E-state index is 0.372. The van der Waals surface area contributed by atoms with Gasteiger partial charge in [-0.3, -0.25) is 4.90 Å². The third-order valence-electron chi connectivity index (χ3n) is 4.96. The molecule has 0 amide bonds. The Hall–Kier alpha value is -2.38. The molecular formula is C19H22N4O2S. The molecule has 0 radical (unpaired) electrons. The zero-order valence-corrected chi connectivity index (χ0v) is 15.8. The van der Waals surface area contributed by atoms with Crippen LogP contribution in [0.4, 0.5) is 0 Å². The summed E-state index contributed by atoms with van der Waals surface area (Å²) in [5, 5.41) is 4.69. The number of hydrogen-bond acceptors (Lipinski definition) is 5. The third kappa shape index (κ3) is 3.08. The lowest BCUT2D eigenvalue weighted by Gasteiger charge is -2.24. The van der Waals surface area contributed by atoms with E-state index in [1.165, 1.54) is 12.0 Å². The normalized spacial score (nSPS) is 17.7. The first-order valence-electron chi connectivity index (χ1n) is 8.73. The molecular weight excluding hydrogens is 348 g/mol. The van der Waals surface area contributed by atoms with Crippen molar-refractivity contribution in [3.05, 3.63) is 53.0 Å². The summed E-state index contributed by atoms with van der Waals surface area (Å²) in [5.74, 6) is 2.36. The Morgan fingerprint density at radius 1 is 1.27 bits per heavy atom. The van der Waals surface area contributed by atoms with Crippen molar-refractivity contribution in [3.8, 4) is 17.3 Å². The van der Waals surface area contributed by atoms with Crippen molar-refractivity contribution < 1.29 is 9.15 Å². The zero-order chi connectivity index (χ0) is 18.1. The molecule has 1 aliphatic rings. The molecule has 2 aromatic heterocycles. The third-order valence-corrected chi connectivity index (χ3v) is 5.45. The molecule has 26 heavy (non-hydrogen) atoms. The zero-order valence-electron chi connectivity index (χ0n) is 15.0. The van der Waals surface area contributed by atoms with Crippen LogP contribution in [0.2, 0.25) is 0 Å². The maximum Gasteiger partial charge on any atom is 0.199 e. The van der Waals surface area contributed by atoms with Crippen LogP contribution in [0.15, 0.2) is 47.1 Å². The van der Waals surface area contributed by atoms with Crippen molar-refractivity contribution >= 4 is 12.2 Å². The number of benzene rings is 1. The van der Waals surface area contributed by atoms with E-state index in [9.17, 15) is 0 Å². The Morgan fingerprint density at radius 3 is 2.77 bits per heavy atom. The predicted octanol–water partition coefficient (Wildman–Crippen LogP) is 4.01. The summed E-state index contributed by atoms with van der Waals surface area (Å²) in [6.45, 7) is 1.70. The molecule has 1 aliphatic heterocycles. The summed E-state index contributed by atoms with van der Waals surface area (Å²) in [7, 11) is 3.62. The lowest BCUT2D eigenvalue weighted by molar-refractivity contribution is 0.190. The molecule has 4 rings (SSSR count). The molecule has 1 aromatic carbocycles. The predicted molar refractivity (Wildman–Crippen MR) is 101 cm³/mol. The van der Waals surface area contributed by atoms with E-state index in [2.05, 4.69) is 17.0 Å². The first-order valence-corrected chi connectivity index (χ1v) is 9.14. The van der Waals surface area contributed by atoms with Crippen LogP contribution in [0.1, 0.15) is 24.4 Å². The lowest BCUT2D eigenvalue weighted by atomic mass is 10.0. The molecule has 0 N–H and O–H groups in total. The maximum atomic E-state index is 5.59. The molecule has 136 valence electrons. The van der Waals surface area contributed by atoms with Gasteiger partial charge in [0, 0.05) is 19.6 Å². The highest BCUT2D eigenvalue weighted by atomic mass is 32.1. The summed E-state index contributed by atoms with van der Waals surface area (Å²) in [5.41, 5.74) is 1.30. The first kappa shape index (κ1) is 17.1. The highest BCUT2D eigenvalue weighted by Crippen LogP contribution is 2.33. The molecule has 1 atom stereocenters. The highest BCUT2D eigenvalue weighted by molar-refractivity contribution is 7.71. The SMILES string of the molecule is COc1ccc([C@@H]2CCCN2Cn2nc(-c3ccco3)n(C)c2=S)cc1. The van der Waals surface area contributed by atoms with Crippen LogP contribution < -0.4 is 4.74 Å². The van der Waals surface area contributed by atoms with E-state index < -0.39 is 0 Å². The Balaban J connectivity index is 1.58. The van der Waals surface area contributed by atoms with E-state index >= 15 is 0 Å². The smallest absolute Gasteiger partial charge is 0.199 e. The number of nitrogens with zero attached hydrogens (tertiary/aromatic N) is 4. The van der Waals surface area contributed by atoms with Gasteiger partial charge in [-0.2, -0.15) is 0 Å². The van der Waals surface area contributed by atoms with E-state index in [0.29, 0.717) is 17.5 Å². The van der Waals surface area contributed by atoms with E-state index in [1.54, 1.807) is 13.4 Å². The fourth-order valence-electron chi connectivity index (χ4n) is 3.57. The summed E-state index contributed by atoms with van der Waals surface area (Å²) in [4.78, 5) is 2.43. The molecule has 7 heteroatoms. The van der Waals surface area contributed by atoms with Gasteiger partial charge in [0.15, 0.2) is 16.4 Å². The maximum absolute atomic E-state index is 5.59. The van der Waals surface area contributed by atoms with Gasteiger partial charge in [-0.25, -0.2) is 4.68 Å². The molecule has 1 fully saturated rings. The van der Waals surface area contributed by atoms with Crippen molar-refractivity contribution in [2.24, 2.45) is 7.05 Å². The standard InChI is InChI=1S/C19H22N4O2S/c1-21-18(17-6-4-12-25-17)20-23(19(21)26)13-22-11-3-5-16(22)14-7-9-15(24-2)10-8-14/h4,6-10,12,16H,3,5,11,13H2,1-2H3/t16-/m0/s1. The number of furan rings is 1. The summed E-state index contributed by atoms with van der Waals surface area (Å²) >= 11 is 5.59. The van der Waals surface area contributed by atoms with Gasteiger partial charge in [0.2, 0.25) is 0 Å². The Kier molecular flexibility index (Phi) is 4.65. The largest absolute Gasteiger partial charge is 0.497 e. The van der Waals surface area contributed by atoms with Crippen LogP contribution >= 0.6 is 12.2 Å². The second kappa shape index (κ2) is 7.09. The number of ether oxygens (including phenoxy) is 1. The van der Waals surface area contributed by atoms with Crippen molar-refractivity contribution in [1.29, 1.82) is 0 Å². The van der Waals surface area contributed by atoms with Crippen LogP contribution in [0.25, 0.3) is 11.6 Å². The van der Waals surface area contributed by atoms with Crippen molar-refractivity contribution in [3.63, 3.8) is 0 Å². The molecule has 3 aromatic rings. The lowest BCUT2D eigenvalue weighted by Crippen LogP contribution is -2.27. The Labute approximate surface area is 157 Å². The summed E-state index contributed by atoms with van der Waals surface area (Å²) in [6.07, 6.45) is 3.96. The number of likely N-dealkylation sites (tertiary alicyclic amines) is 1. The molecule has 0 unspecified atom stereocenters. The second-order valence-electron chi connectivity index (χ2n) is 6.53. The van der Waals surface area contributed by atoms with Crippen LogP contribution in [0.3, 0.4) is 0 Å². The average molecular weight is 370 g/mol. The fraction of sp³-hybridized carbons (Fsp3) is 0.368. The second-order valence-corrected chi connectivity index (χ2v) is 6.89. The van der Waals surface area contributed by atoms with Crippen molar-refractivity contribution in [2.75, 3.05) is 13.7 Å². The Morgan fingerprint density at radius 2 is 2.08 bits per heavy atom. The average Bonchev–Trinajstić information content (AvgIpc) is 3.40.